The Kier molecular flexibility index (Phi) is 4.95. The van der Waals surface area contributed by atoms with Crippen LogP contribution in [0.5, 0.6) is 0 Å². The number of nitrogens with zero attached hydrogens (tertiary/aromatic N) is 4. The van der Waals surface area contributed by atoms with Gasteiger partial charge in [-0.1, -0.05) is 30.3 Å². The smallest absolute Gasteiger partial charge is 0.113 e. The summed E-state index contributed by atoms with van der Waals surface area (Å²) in [7, 11) is 0. The molecule has 1 fully saturated rings. The molecule has 1 saturated heterocycles. The zero-order valence-electron chi connectivity index (χ0n) is 14.6. The number of hydrogen-bond acceptors (Lipinski definition) is 4. The topological polar surface area (TPSA) is 34.0 Å². The summed E-state index contributed by atoms with van der Waals surface area (Å²) >= 11 is 1.77. The highest BCUT2D eigenvalue weighted by Crippen LogP contribution is 2.28. The van der Waals surface area contributed by atoms with Crippen LogP contribution in [0.1, 0.15) is 40.7 Å². The molecule has 0 bridgehead atoms. The van der Waals surface area contributed by atoms with Crippen LogP contribution in [0.3, 0.4) is 0 Å². The van der Waals surface area contributed by atoms with Crippen molar-refractivity contribution in [2.45, 2.75) is 38.8 Å². The normalized spacial score (nSPS) is 18.5. The van der Waals surface area contributed by atoms with E-state index in [2.05, 4.69) is 57.9 Å². The zero-order chi connectivity index (χ0) is 17.1. The first kappa shape index (κ1) is 16.5. The van der Waals surface area contributed by atoms with Crippen molar-refractivity contribution in [2.24, 2.45) is 0 Å². The maximum atomic E-state index is 4.71. The first-order valence-electron chi connectivity index (χ1n) is 8.96. The van der Waals surface area contributed by atoms with Crippen molar-refractivity contribution in [3.63, 3.8) is 0 Å². The quantitative estimate of drug-likeness (QED) is 0.694. The molecular formula is C20H24N4S. The fourth-order valence-electron chi connectivity index (χ4n) is 3.69. The molecule has 0 amide bonds. The molecule has 25 heavy (non-hydrogen) atoms. The molecule has 3 aromatic rings. The first-order valence-corrected chi connectivity index (χ1v) is 9.84. The molecule has 1 aliphatic rings. The second-order valence-corrected chi connectivity index (χ2v) is 7.77. The highest BCUT2D eigenvalue weighted by Gasteiger charge is 2.25. The lowest BCUT2D eigenvalue weighted by Gasteiger charge is -2.32. The third-order valence-electron chi connectivity index (χ3n) is 5.03. The van der Waals surface area contributed by atoms with E-state index in [1.54, 1.807) is 11.3 Å². The van der Waals surface area contributed by atoms with Crippen LogP contribution in [0.2, 0.25) is 0 Å². The van der Waals surface area contributed by atoms with E-state index in [9.17, 15) is 0 Å². The van der Waals surface area contributed by atoms with Gasteiger partial charge in [-0.25, -0.2) is 9.97 Å². The van der Waals surface area contributed by atoms with Gasteiger partial charge in [-0.05, 0) is 31.9 Å². The summed E-state index contributed by atoms with van der Waals surface area (Å²) in [5.41, 5.74) is 4.46. The van der Waals surface area contributed by atoms with Crippen LogP contribution < -0.4 is 0 Å². The molecule has 0 aliphatic carbocycles. The van der Waals surface area contributed by atoms with Crippen LogP contribution in [-0.2, 0) is 13.1 Å². The van der Waals surface area contributed by atoms with Crippen molar-refractivity contribution < 1.29 is 0 Å². The Hall–Kier alpha value is -1.98. The van der Waals surface area contributed by atoms with Crippen molar-refractivity contribution in [3.05, 3.63) is 70.2 Å². The van der Waals surface area contributed by atoms with Gasteiger partial charge in [0, 0.05) is 42.8 Å². The van der Waals surface area contributed by atoms with Gasteiger partial charge in [-0.15, -0.1) is 11.3 Å². The average Bonchev–Trinajstić information content (AvgIpc) is 3.26. The van der Waals surface area contributed by atoms with Gasteiger partial charge in [0.25, 0.3) is 0 Å². The third-order valence-corrected chi connectivity index (χ3v) is 5.95. The minimum Gasteiger partial charge on any atom is -0.330 e. The maximum absolute atomic E-state index is 4.71. The number of piperidine rings is 1. The number of aromatic nitrogens is 3. The number of likely N-dealkylation sites (tertiary alicyclic amines) is 1. The van der Waals surface area contributed by atoms with Crippen LogP contribution in [0.15, 0.2) is 48.2 Å². The van der Waals surface area contributed by atoms with E-state index in [-0.39, 0.29) is 0 Å². The summed E-state index contributed by atoms with van der Waals surface area (Å²) in [5, 5.41) is 0. The first-order chi connectivity index (χ1) is 12.3. The van der Waals surface area contributed by atoms with Crippen molar-refractivity contribution in [1.29, 1.82) is 0 Å². The predicted molar refractivity (Wildman–Crippen MR) is 102 cm³/mol. The predicted octanol–water partition coefficient (Wildman–Crippen LogP) is 4.08. The molecule has 1 aromatic carbocycles. The van der Waals surface area contributed by atoms with Gasteiger partial charge in [0.15, 0.2) is 0 Å². The molecule has 2 aromatic heterocycles. The zero-order valence-corrected chi connectivity index (χ0v) is 15.5. The number of hydrogen-bond donors (Lipinski definition) is 0. The Bertz CT molecular complexity index is 808. The Morgan fingerprint density at radius 1 is 1.16 bits per heavy atom. The summed E-state index contributed by atoms with van der Waals surface area (Å²) < 4.78 is 2.32. The van der Waals surface area contributed by atoms with Crippen LogP contribution in [0.25, 0.3) is 0 Å². The average molecular weight is 353 g/mol. The van der Waals surface area contributed by atoms with E-state index < -0.39 is 0 Å². The van der Waals surface area contributed by atoms with E-state index in [1.807, 2.05) is 11.7 Å². The van der Waals surface area contributed by atoms with Crippen molar-refractivity contribution >= 4 is 11.3 Å². The summed E-state index contributed by atoms with van der Waals surface area (Å²) in [6.07, 6.45) is 6.53. The fraction of sp³-hybridized carbons (Fsp3) is 0.400. The number of thiazole rings is 1. The van der Waals surface area contributed by atoms with Gasteiger partial charge < -0.3 is 4.57 Å². The number of benzene rings is 1. The van der Waals surface area contributed by atoms with E-state index in [0.29, 0.717) is 5.92 Å². The minimum atomic E-state index is 0.515. The lowest BCUT2D eigenvalue weighted by atomic mass is 9.97. The molecule has 3 heterocycles. The molecule has 0 unspecified atom stereocenters. The van der Waals surface area contributed by atoms with Crippen molar-refractivity contribution in [3.8, 4) is 0 Å². The molecule has 0 saturated carbocycles. The minimum absolute atomic E-state index is 0.515. The Morgan fingerprint density at radius 2 is 2.04 bits per heavy atom. The molecule has 0 radical (unpaired) electrons. The fourth-order valence-corrected chi connectivity index (χ4v) is 4.50. The molecule has 5 heteroatoms. The largest absolute Gasteiger partial charge is 0.330 e. The molecule has 1 aliphatic heterocycles. The van der Waals surface area contributed by atoms with Gasteiger partial charge in [-0.3, -0.25) is 4.90 Å². The molecule has 1 atom stereocenters. The second kappa shape index (κ2) is 7.50. The number of imidazole rings is 1. The standard InChI is InChI=1S/C20H24N4S/c1-16-19(25-15-22-16)14-23-10-5-8-18(13-23)20-21-9-11-24(20)12-17-6-3-2-4-7-17/h2-4,6-7,9,11,15,18H,5,8,10,12-14H2,1H3/t18-/m1/s1. The summed E-state index contributed by atoms with van der Waals surface area (Å²) in [4.78, 5) is 13.1. The van der Waals surface area contributed by atoms with Crippen LogP contribution >= 0.6 is 11.3 Å². The maximum Gasteiger partial charge on any atom is 0.113 e. The van der Waals surface area contributed by atoms with E-state index in [0.717, 1.165) is 19.6 Å². The lowest BCUT2D eigenvalue weighted by Crippen LogP contribution is -2.34. The molecule has 4 rings (SSSR count). The molecular weight excluding hydrogens is 328 g/mol. The Balaban J connectivity index is 1.47. The Morgan fingerprint density at radius 3 is 2.84 bits per heavy atom. The lowest BCUT2D eigenvalue weighted by molar-refractivity contribution is 0.196. The molecule has 130 valence electrons. The van der Waals surface area contributed by atoms with E-state index in [1.165, 1.54) is 41.3 Å². The van der Waals surface area contributed by atoms with E-state index in [4.69, 9.17) is 4.98 Å². The van der Waals surface area contributed by atoms with Gasteiger partial charge in [0.2, 0.25) is 0 Å². The molecule has 4 nitrogen and oxygen atoms in total. The molecule has 0 spiro atoms. The monoisotopic (exact) mass is 352 g/mol. The van der Waals surface area contributed by atoms with Crippen molar-refractivity contribution in [2.75, 3.05) is 13.1 Å². The third kappa shape index (κ3) is 3.83. The van der Waals surface area contributed by atoms with Gasteiger partial charge in [0.1, 0.15) is 5.82 Å². The summed E-state index contributed by atoms with van der Waals surface area (Å²) in [6, 6.07) is 10.6. The highest BCUT2D eigenvalue weighted by molar-refractivity contribution is 7.09. The van der Waals surface area contributed by atoms with Crippen molar-refractivity contribution in [1.82, 2.24) is 19.4 Å². The van der Waals surface area contributed by atoms with Crippen LogP contribution in [0, 0.1) is 6.92 Å². The van der Waals surface area contributed by atoms with Gasteiger partial charge in [0.05, 0.1) is 11.2 Å². The van der Waals surface area contributed by atoms with E-state index >= 15 is 0 Å². The highest BCUT2D eigenvalue weighted by atomic mass is 32.1. The van der Waals surface area contributed by atoms with Gasteiger partial charge in [-0.2, -0.15) is 0 Å². The van der Waals surface area contributed by atoms with Gasteiger partial charge >= 0.3 is 0 Å². The SMILES string of the molecule is Cc1ncsc1CN1CCC[C@@H](c2nccn2Cc2ccccc2)C1. The van der Waals surface area contributed by atoms with Crippen LogP contribution in [-0.4, -0.2) is 32.5 Å². The summed E-state index contributed by atoms with van der Waals surface area (Å²) in [5.74, 6) is 1.75. The summed E-state index contributed by atoms with van der Waals surface area (Å²) in [6.45, 7) is 6.29. The van der Waals surface area contributed by atoms with Crippen LogP contribution in [0.4, 0.5) is 0 Å². The Labute approximate surface area is 153 Å². The second-order valence-electron chi connectivity index (χ2n) is 6.83. The number of rotatable bonds is 5. The number of aryl methyl sites for hydroxylation is 1. The molecule has 0 N–H and O–H groups in total.